The molecule has 0 spiro atoms. The Balaban J connectivity index is 1.86. The maximum atomic E-state index is 12.4. The molecule has 0 radical (unpaired) electrons. The van der Waals surface area contributed by atoms with E-state index in [0.29, 0.717) is 22.6 Å². The summed E-state index contributed by atoms with van der Waals surface area (Å²) in [6, 6.07) is 9.58. The number of imidazole rings is 1. The first-order chi connectivity index (χ1) is 11.7. The second-order valence-corrected chi connectivity index (χ2v) is 6.89. The lowest BCUT2D eigenvalue weighted by atomic mass is 9.89. The predicted molar refractivity (Wildman–Crippen MR) is 95.0 cm³/mol. The fraction of sp³-hybridized carbons (Fsp3) is 0.211. The number of anilines is 1. The molecule has 0 saturated heterocycles. The fourth-order valence-electron chi connectivity index (χ4n) is 2.37. The number of nitrogens with one attached hydrogen (secondary N) is 1. The van der Waals surface area contributed by atoms with Gasteiger partial charge in [0.1, 0.15) is 17.1 Å². The largest absolute Gasteiger partial charge is 0.508 e. The highest BCUT2D eigenvalue weighted by Gasteiger charge is 2.25. The van der Waals surface area contributed by atoms with E-state index in [1.165, 1.54) is 12.1 Å². The van der Waals surface area contributed by atoms with Crippen molar-refractivity contribution in [1.82, 2.24) is 9.38 Å². The Hall–Kier alpha value is -3.15. The molecule has 2 heterocycles. The maximum absolute atomic E-state index is 12.4. The van der Waals surface area contributed by atoms with Crippen LogP contribution in [0.1, 0.15) is 41.6 Å². The van der Waals surface area contributed by atoms with Crippen LogP contribution in [-0.2, 0) is 0 Å². The zero-order chi connectivity index (χ0) is 18.2. The van der Waals surface area contributed by atoms with E-state index in [-0.39, 0.29) is 17.4 Å². The van der Waals surface area contributed by atoms with Crippen molar-refractivity contribution < 1.29 is 14.7 Å². The smallest absolute Gasteiger partial charge is 0.257 e. The standard InChI is InChI=1S/C19H19N3O3/c1-19(2,3)17(24)15-11-22-10-12(4-9-16(22)21-15)18(25)20-13-5-7-14(23)8-6-13/h4-11,23H,1-3H3,(H,20,25). The van der Waals surface area contributed by atoms with Crippen LogP contribution in [0.4, 0.5) is 5.69 Å². The van der Waals surface area contributed by atoms with Crippen molar-refractivity contribution in [3.05, 3.63) is 60.0 Å². The van der Waals surface area contributed by atoms with Crippen LogP contribution < -0.4 is 5.32 Å². The van der Waals surface area contributed by atoms with Gasteiger partial charge in [0, 0.05) is 23.5 Å². The van der Waals surface area contributed by atoms with Crippen LogP contribution in [0.25, 0.3) is 5.65 Å². The van der Waals surface area contributed by atoms with Gasteiger partial charge in [-0.15, -0.1) is 0 Å². The molecular formula is C19H19N3O3. The van der Waals surface area contributed by atoms with Crippen molar-refractivity contribution in [3.8, 4) is 5.75 Å². The predicted octanol–water partition coefficient (Wildman–Crippen LogP) is 3.52. The van der Waals surface area contributed by atoms with E-state index in [0.717, 1.165) is 0 Å². The second-order valence-electron chi connectivity index (χ2n) is 6.89. The molecule has 2 aromatic heterocycles. The molecule has 128 valence electrons. The van der Waals surface area contributed by atoms with Crippen LogP contribution in [-0.4, -0.2) is 26.2 Å². The van der Waals surface area contributed by atoms with Crippen molar-refractivity contribution in [2.24, 2.45) is 5.41 Å². The number of fused-ring (bicyclic) bond motifs is 1. The number of Topliss-reactive ketones (excluding diaryl/α,β-unsaturated/α-hetero) is 1. The summed E-state index contributed by atoms with van der Waals surface area (Å²) in [5, 5.41) is 12.0. The minimum Gasteiger partial charge on any atom is -0.508 e. The van der Waals surface area contributed by atoms with Gasteiger partial charge < -0.3 is 14.8 Å². The molecule has 3 rings (SSSR count). The van der Waals surface area contributed by atoms with Crippen molar-refractivity contribution in [1.29, 1.82) is 0 Å². The van der Waals surface area contributed by atoms with Gasteiger partial charge in [-0.1, -0.05) is 20.8 Å². The monoisotopic (exact) mass is 337 g/mol. The van der Waals surface area contributed by atoms with E-state index in [4.69, 9.17) is 0 Å². The molecule has 1 amide bonds. The van der Waals surface area contributed by atoms with Crippen LogP contribution in [0.3, 0.4) is 0 Å². The normalized spacial score (nSPS) is 11.5. The van der Waals surface area contributed by atoms with E-state index in [1.54, 1.807) is 41.1 Å². The number of amides is 1. The third-order valence-electron chi connectivity index (χ3n) is 3.75. The van der Waals surface area contributed by atoms with Crippen LogP contribution in [0, 0.1) is 5.41 Å². The molecule has 0 saturated carbocycles. The van der Waals surface area contributed by atoms with E-state index in [1.807, 2.05) is 20.8 Å². The molecule has 0 atom stereocenters. The number of benzene rings is 1. The van der Waals surface area contributed by atoms with Crippen LogP contribution in [0.15, 0.2) is 48.8 Å². The summed E-state index contributed by atoms with van der Waals surface area (Å²) in [7, 11) is 0. The van der Waals surface area contributed by atoms with Crippen molar-refractivity contribution >= 4 is 23.0 Å². The molecule has 0 bridgehead atoms. The molecule has 1 aromatic carbocycles. The summed E-state index contributed by atoms with van der Waals surface area (Å²) in [5.41, 5.74) is 1.49. The highest BCUT2D eigenvalue weighted by atomic mass is 16.3. The molecule has 0 aliphatic heterocycles. The number of phenols is 1. The Kier molecular flexibility index (Phi) is 4.04. The van der Waals surface area contributed by atoms with Gasteiger partial charge in [0.2, 0.25) is 0 Å². The fourth-order valence-corrected chi connectivity index (χ4v) is 2.37. The maximum Gasteiger partial charge on any atom is 0.257 e. The number of carbonyl (C=O) groups is 2. The van der Waals surface area contributed by atoms with Gasteiger partial charge in [0.25, 0.3) is 5.91 Å². The summed E-state index contributed by atoms with van der Waals surface area (Å²) in [5.74, 6) is -0.204. The highest BCUT2D eigenvalue weighted by Crippen LogP contribution is 2.21. The number of phenolic OH excluding ortho intramolecular Hbond substituents is 1. The number of aromatic nitrogens is 2. The Bertz CT molecular complexity index is 950. The van der Waals surface area contributed by atoms with E-state index < -0.39 is 5.41 Å². The number of pyridine rings is 1. The van der Waals surface area contributed by atoms with E-state index >= 15 is 0 Å². The van der Waals surface area contributed by atoms with Gasteiger partial charge in [-0.3, -0.25) is 9.59 Å². The molecule has 0 unspecified atom stereocenters. The zero-order valence-electron chi connectivity index (χ0n) is 14.3. The SMILES string of the molecule is CC(C)(C)C(=O)c1cn2cc(C(=O)Nc3ccc(O)cc3)ccc2n1. The van der Waals surface area contributed by atoms with Gasteiger partial charge in [0.15, 0.2) is 5.78 Å². The van der Waals surface area contributed by atoms with Gasteiger partial charge in [-0.05, 0) is 36.4 Å². The number of aromatic hydroxyl groups is 1. The lowest BCUT2D eigenvalue weighted by Gasteiger charge is -2.13. The van der Waals surface area contributed by atoms with Crippen molar-refractivity contribution in [2.75, 3.05) is 5.32 Å². The number of hydrogen-bond donors (Lipinski definition) is 2. The average molecular weight is 337 g/mol. The molecule has 0 aliphatic rings. The third-order valence-corrected chi connectivity index (χ3v) is 3.75. The van der Waals surface area contributed by atoms with Gasteiger partial charge in [-0.25, -0.2) is 4.98 Å². The average Bonchev–Trinajstić information content (AvgIpc) is 2.98. The molecule has 3 aromatic rings. The molecule has 2 N–H and O–H groups in total. The summed E-state index contributed by atoms with van der Waals surface area (Å²) >= 11 is 0. The Morgan fingerprint density at radius 2 is 1.72 bits per heavy atom. The zero-order valence-corrected chi connectivity index (χ0v) is 14.3. The number of nitrogens with zero attached hydrogens (tertiary/aromatic N) is 2. The van der Waals surface area contributed by atoms with Crippen LogP contribution >= 0.6 is 0 Å². The Morgan fingerprint density at radius 1 is 1.04 bits per heavy atom. The van der Waals surface area contributed by atoms with Crippen LogP contribution in [0.5, 0.6) is 5.75 Å². The summed E-state index contributed by atoms with van der Waals surface area (Å²) in [6.45, 7) is 5.53. The first kappa shape index (κ1) is 16.7. The molecule has 0 aliphatic carbocycles. The highest BCUT2D eigenvalue weighted by molar-refractivity contribution is 6.04. The quantitative estimate of drug-likeness (QED) is 0.566. The molecular weight excluding hydrogens is 318 g/mol. The van der Waals surface area contributed by atoms with Crippen molar-refractivity contribution in [3.63, 3.8) is 0 Å². The van der Waals surface area contributed by atoms with Gasteiger partial charge in [0.05, 0.1) is 5.56 Å². The van der Waals surface area contributed by atoms with Gasteiger partial charge >= 0.3 is 0 Å². The van der Waals surface area contributed by atoms with Crippen molar-refractivity contribution in [2.45, 2.75) is 20.8 Å². The summed E-state index contributed by atoms with van der Waals surface area (Å²) in [4.78, 5) is 29.0. The topological polar surface area (TPSA) is 83.7 Å². The molecule has 25 heavy (non-hydrogen) atoms. The number of hydrogen-bond acceptors (Lipinski definition) is 4. The van der Waals surface area contributed by atoms with Gasteiger partial charge in [-0.2, -0.15) is 0 Å². The molecule has 6 nitrogen and oxygen atoms in total. The number of carbonyl (C=O) groups excluding carboxylic acids is 2. The number of rotatable bonds is 3. The second kappa shape index (κ2) is 6.05. The summed E-state index contributed by atoms with van der Waals surface area (Å²) < 4.78 is 1.67. The third kappa shape index (κ3) is 3.52. The van der Waals surface area contributed by atoms with Crippen LogP contribution in [0.2, 0.25) is 0 Å². The Labute approximate surface area is 145 Å². The number of ketones is 1. The minimum atomic E-state index is -0.517. The minimum absolute atomic E-state index is 0.0497. The molecule has 6 heteroatoms. The lowest BCUT2D eigenvalue weighted by Crippen LogP contribution is -2.20. The Morgan fingerprint density at radius 3 is 2.36 bits per heavy atom. The van der Waals surface area contributed by atoms with E-state index in [2.05, 4.69) is 10.3 Å². The molecule has 0 fully saturated rings. The van der Waals surface area contributed by atoms with E-state index in [9.17, 15) is 14.7 Å². The first-order valence-electron chi connectivity index (χ1n) is 7.88. The lowest BCUT2D eigenvalue weighted by molar-refractivity contribution is 0.0853. The first-order valence-corrected chi connectivity index (χ1v) is 7.88. The summed E-state index contributed by atoms with van der Waals surface area (Å²) in [6.07, 6.45) is 3.28.